The summed E-state index contributed by atoms with van der Waals surface area (Å²) < 4.78 is 29.6. The van der Waals surface area contributed by atoms with Crippen LogP contribution in [0.1, 0.15) is 59.8 Å². The highest BCUT2D eigenvalue weighted by atomic mass is 35.5. The average Bonchev–Trinajstić information content (AvgIpc) is 2.87. The number of pyridine rings is 1. The molecule has 3 aromatic rings. The Morgan fingerprint density at radius 2 is 1.76 bits per heavy atom. The normalized spacial score (nSPS) is 11.3. The Hall–Kier alpha value is -4.05. The predicted octanol–water partition coefficient (Wildman–Crippen LogP) is 5.33. The molecule has 0 aliphatic heterocycles. The maximum Gasteiger partial charge on any atom is 0.305 e. The lowest BCUT2D eigenvalue weighted by atomic mass is 9.92. The molecule has 1 aromatic heterocycles. The van der Waals surface area contributed by atoms with Crippen molar-refractivity contribution in [2.45, 2.75) is 46.6 Å². The summed E-state index contributed by atoms with van der Waals surface area (Å²) in [4.78, 5) is 45.1. The van der Waals surface area contributed by atoms with Crippen molar-refractivity contribution < 1.29 is 28.3 Å². The third-order valence-electron chi connectivity index (χ3n) is 6.25. The molecule has 2 amide bonds. The molecule has 0 spiro atoms. The van der Waals surface area contributed by atoms with Crippen molar-refractivity contribution in [3.05, 3.63) is 91.9 Å². The minimum Gasteiger partial charge on any atom is -0.481 e. The van der Waals surface area contributed by atoms with E-state index in [1.165, 1.54) is 22.9 Å². The molecule has 0 bridgehead atoms. The van der Waals surface area contributed by atoms with Crippen molar-refractivity contribution in [3.63, 3.8) is 0 Å². The second-order valence-corrected chi connectivity index (χ2v) is 10.4. The fourth-order valence-corrected chi connectivity index (χ4v) is 4.45. The third-order valence-corrected chi connectivity index (χ3v) is 6.46. The minimum absolute atomic E-state index is 0.0868. The van der Waals surface area contributed by atoms with Crippen LogP contribution in [-0.2, 0) is 16.6 Å². The highest BCUT2D eigenvalue weighted by Gasteiger charge is 2.23. The van der Waals surface area contributed by atoms with E-state index in [1.807, 2.05) is 32.0 Å². The number of amides is 2. The number of aliphatic carboxylic acids is 1. The van der Waals surface area contributed by atoms with Gasteiger partial charge in [-0.3, -0.25) is 19.2 Å². The molecule has 2 aromatic carbocycles. The number of halogens is 3. The molecule has 0 unspecified atom stereocenters. The van der Waals surface area contributed by atoms with Crippen molar-refractivity contribution in [1.29, 1.82) is 0 Å². The summed E-state index contributed by atoms with van der Waals surface area (Å²) in [7, 11) is 1.57. The van der Waals surface area contributed by atoms with Crippen LogP contribution in [0.3, 0.4) is 0 Å². The Morgan fingerprint density at radius 3 is 2.32 bits per heavy atom. The maximum absolute atomic E-state index is 14.2. The van der Waals surface area contributed by atoms with Gasteiger partial charge in [0.1, 0.15) is 5.56 Å². The first-order chi connectivity index (χ1) is 19.3. The van der Waals surface area contributed by atoms with Gasteiger partial charge >= 0.3 is 5.97 Å². The van der Waals surface area contributed by atoms with Crippen LogP contribution < -0.4 is 16.2 Å². The zero-order chi connectivity index (χ0) is 30.9. The molecule has 3 N–H and O–H groups in total. The number of carbonyl (C=O) groups excluding carboxylic acids is 2. The third kappa shape index (κ3) is 9.24. The number of rotatable bonds is 10. The Labute approximate surface area is 242 Å². The Morgan fingerprint density at radius 1 is 1.12 bits per heavy atom. The number of aryl methyl sites for hydroxylation is 3. The summed E-state index contributed by atoms with van der Waals surface area (Å²) in [5, 5.41) is 14.3. The Bertz CT molecular complexity index is 1450. The monoisotopic (exact) mass is 589 g/mol. The quantitative estimate of drug-likeness (QED) is 0.277. The maximum atomic E-state index is 14.2. The molecular weight excluding hydrogens is 556 g/mol. The number of hydrogen-bond donors (Lipinski definition) is 3. The molecule has 0 fully saturated rings. The van der Waals surface area contributed by atoms with Crippen LogP contribution in [0.15, 0.2) is 47.4 Å². The summed E-state index contributed by atoms with van der Waals surface area (Å²) in [6, 6.07) is 8.26. The average molecular weight is 590 g/mol. The first-order valence-corrected chi connectivity index (χ1v) is 13.3. The van der Waals surface area contributed by atoms with Crippen molar-refractivity contribution >= 4 is 29.9 Å². The number of hydrogen-bond acceptors (Lipinski definition) is 4. The van der Waals surface area contributed by atoms with Gasteiger partial charge in [-0.25, -0.2) is 8.78 Å². The highest BCUT2D eigenvalue weighted by molar-refractivity contribution is 6.30. The zero-order valence-electron chi connectivity index (χ0n) is 23.6. The summed E-state index contributed by atoms with van der Waals surface area (Å²) in [5.41, 5.74) is 2.50. The van der Waals surface area contributed by atoms with E-state index in [1.54, 1.807) is 7.05 Å². The SMILES string of the molecule is CC(C)CCNC(=O)c1cc(Cl)cn(C)c1=O.Cc1cccc(C)c1-c1cc(F)c(F)c([C@H](CC(=O)O)NC=O)c1. The fraction of sp³-hybridized carbons (Fsp3) is 0.333. The number of nitrogens with one attached hydrogen (secondary N) is 2. The van der Waals surface area contributed by atoms with E-state index in [0.29, 0.717) is 23.0 Å². The van der Waals surface area contributed by atoms with Crippen molar-refractivity contribution in [3.8, 4) is 11.1 Å². The molecule has 220 valence electrons. The van der Waals surface area contributed by atoms with Gasteiger partial charge < -0.3 is 20.3 Å². The van der Waals surface area contributed by atoms with Gasteiger partial charge in [-0.2, -0.15) is 0 Å². The van der Waals surface area contributed by atoms with Crippen LogP contribution in [0.5, 0.6) is 0 Å². The van der Waals surface area contributed by atoms with Crippen LogP contribution in [-0.4, -0.2) is 34.5 Å². The molecule has 0 radical (unpaired) electrons. The topological polar surface area (TPSA) is 118 Å². The second kappa shape index (κ2) is 15.1. The Kier molecular flexibility index (Phi) is 12.2. The summed E-state index contributed by atoms with van der Waals surface area (Å²) in [6.07, 6.45) is 2.09. The summed E-state index contributed by atoms with van der Waals surface area (Å²) in [6.45, 7) is 8.41. The van der Waals surface area contributed by atoms with Crippen LogP contribution in [0.25, 0.3) is 11.1 Å². The van der Waals surface area contributed by atoms with Crippen LogP contribution >= 0.6 is 11.6 Å². The number of nitrogens with zero attached hydrogens (tertiary/aromatic N) is 1. The zero-order valence-corrected chi connectivity index (χ0v) is 24.3. The summed E-state index contributed by atoms with van der Waals surface area (Å²) >= 11 is 5.81. The molecule has 0 saturated carbocycles. The second-order valence-electron chi connectivity index (χ2n) is 9.99. The number of carboxylic acid groups (broad SMARTS) is 1. The van der Waals surface area contributed by atoms with Gasteiger partial charge in [0.2, 0.25) is 6.41 Å². The smallest absolute Gasteiger partial charge is 0.305 e. The first-order valence-electron chi connectivity index (χ1n) is 12.9. The van der Waals surface area contributed by atoms with Crippen LogP contribution in [0, 0.1) is 31.4 Å². The highest BCUT2D eigenvalue weighted by Crippen LogP contribution is 2.32. The number of benzene rings is 2. The van der Waals surface area contributed by atoms with E-state index in [2.05, 4.69) is 24.5 Å². The lowest BCUT2D eigenvalue weighted by Crippen LogP contribution is -2.32. The van der Waals surface area contributed by atoms with Gasteiger partial charge in [-0.05, 0) is 66.6 Å². The number of carbonyl (C=O) groups is 3. The van der Waals surface area contributed by atoms with E-state index in [4.69, 9.17) is 16.7 Å². The minimum atomic E-state index is -1.23. The largest absolute Gasteiger partial charge is 0.481 e. The lowest BCUT2D eigenvalue weighted by Gasteiger charge is -2.18. The van der Waals surface area contributed by atoms with E-state index in [-0.39, 0.29) is 29.0 Å². The standard InChI is InChI=1S/C18H17F2NO3.C12H17ClN2O2/c1-10-4-3-5-11(2)17(10)12-6-13(18(20)14(19)7-12)15(21-9-22)8-16(23)24;1-8(2)4-5-14-11(16)10-6-9(13)7-15(3)12(10)17/h3-7,9,15H,8H2,1-2H3,(H,21,22)(H,23,24);6-8H,4-5H2,1-3H3,(H,14,16)/t15-;/m0./s1. The first kappa shape index (κ1) is 33.2. The van der Waals surface area contributed by atoms with Crippen molar-refractivity contribution in [2.75, 3.05) is 6.54 Å². The van der Waals surface area contributed by atoms with Gasteiger partial charge in [-0.15, -0.1) is 0 Å². The van der Waals surface area contributed by atoms with E-state index in [0.717, 1.165) is 29.2 Å². The van der Waals surface area contributed by atoms with E-state index in [9.17, 15) is 28.0 Å². The number of aromatic nitrogens is 1. The molecule has 0 aliphatic carbocycles. The fourth-order valence-electron chi connectivity index (χ4n) is 4.20. The van der Waals surface area contributed by atoms with Crippen molar-refractivity contribution in [1.82, 2.24) is 15.2 Å². The van der Waals surface area contributed by atoms with Crippen LogP contribution in [0.4, 0.5) is 8.78 Å². The molecule has 0 aliphatic rings. The van der Waals surface area contributed by atoms with Gasteiger partial charge in [0.15, 0.2) is 11.6 Å². The molecule has 8 nitrogen and oxygen atoms in total. The molecule has 11 heteroatoms. The van der Waals surface area contributed by atoms with Gasteiger partial charge in [0, 0.05) is 25.4 Å². The van der Waals surface area contributed by atoms with Crippen molar-refractivity contribution in [2.24, 2.45) is 13.0 Å². The molecule has 1 heterocycles. The molecule has 41 heavy (non-hydrogen) atoms. The Balaban J connectivity index is 0.000000305. The number of carboxylic acids is 1. The van der Waals surface area contributed by atoms with Gasteiger partial charge in [0.05, 0.1) is 17.5 Å². The van der Waals surface area contributed by atoms with E-state index >= 15 is 0 Å². The molecule has 0 saturated heterocycles. The molecular formula is C30H34ClF2N3O5. The van der Waals surface area contributed by atoms with Crippen LogP contribution in [0.2, 0.25) is 5.02 Å². The van der Waals surface area contributed by atoms with Gasteiger partial charge in [-0.1, -0.05) is 43.6 Å². The van der Waals surface area contributed by atoms with E-state index < -0.39 is 30.1 Å². The van der Waals surface area contributed by atoms with Gasteiger partial charge in [0.25, 0.3) is 11.5 Å². The predicted molar refractivity (Wildman–Crippen MR) is 154 cm³/mol. The summed E-state index contributed by atoms with van der Waals surface area (Å²) in [5.74, 6) is -3.34. The molecule has 3 rings (SSSR count). The lowest BCUT2D eigenvalue weighted by molar-refractivity contribution is -0.137. The molecule has 1 atom stereocenters.